The van der Waals surface area contributed by atoms with E-state index in [1.165, 1.54) is 7.11 Å². The average molecular weight is 294 g/mol. The molecule has 0 radical (unpaired) electrons. The van der Waals surface area contributed by atoms with Gasteiger partial charge in [0.05, 0.1) is 14.2 Å². The number of carbonyl (C=O) groups is 2. The van der Waals surface area contributed by atoms with Gasteiger partial charge >= 0.3 is 12.0 Å². The number of nitrogens with one attached hydrogen (secondary N) is 2. The Labute approximate surface area is 124 Å². The van der Waals surface area contributed by atoms with Crippen molar-refractivity contribution in [1.82, 2.24) is 5.32 Å². The Balaban J connectivity index is 2.71. The lowest BCUT2D eigenvalue weighted by Gasteiger charge is -2.22. The minimum Gasteiger partial charge on any atom is -0.497 e. The zero-order valence-electron chi connectivity index (χ0n) is 12.8. The van der Waals surface area contributed by atoms with Gasteiger partial charge in [-0.3, -0.25) is 0 Å². The summed E-state index contributed by atoms with van der Waals surface area (Å²) in [5, 5.41) is 5.31. The molecule has 0 saturated carbocycles. The molecular formula is C15H22N2O4. The summed E-state index contributed by atoms with van der Waals surface area (Å²) in [6.45, 7) is 3.83. The minimum absolute atomic E-state index is 0.0199. The average Bonchev–Trinajstić information content (AvgIpc) is 2.51. The molecule has 1 aromatic rings. The van der Waals surface area contributed by atoms with Crippen LogP contribution < -0.4 is 15.4 Å². The van der Waals surface area contributed by atoms with E-state index in [0.29, 0.717) is 11.4 Å². The van der Waals surface area contributed by atoms with Crippen molar-refractivity contribution >= 4 is 17.7 Å². The molecule has 0 bridgehead atoms. The number of carbonyl (C=O) groups excluding carboxylic acids is 2. The molecule has 0 heterocycles. The van der Waals surface area contributed by atoms with E-state index in [2.05, 4.69) is 10.6 Å². The van der Waals surface area contributed by atoms with Crippen LogP contribution in [0.2, 0.25) is 0 Å². The van der Waals surface area contributed by atoms with Crippen LogP contribution in [0.5, 0.6) is 5.75 Å². The molecule has 6 nitrogen and oxygen atoms in total. The van der Waals surface area contributed by atoms with Crippen molar-refractivity contribution in [2.24, 2.45) is 5.92 Å². The SMILES string of the molecule is CCC(C)[C@H](NC(=O)Nc1cccc(OC)c1)C(=O)OC. The van der Waals surface area contributed by atoms with Crippen LogP contribution in [-0.2, 0) is 9.53 Å². The molecule has 0 spiro atoms. The van der Waals surface area contributed by atoms with Crippen LogP contribution in [0.15, 0.2) is 24.3 Å². The van der Waals surface area contributed by atoms with Gasteiger partial charge < -0.3 is 20.1 Å². The van der Waals surface area contributed by atoms with Crippen LogP contribution in [0.3, 0.4) is 0 Å². The molecule has 2 atom stereocenters. The Hall–Kier alpha value is -2.24. The molecule has 2 amide bonds. The van der Waals surface area contributed by atoms with Crippen LogP contribution in [0, 0.1) is 5.92 Å². The minimum atomic E-state index is -0.675. The molecular weight excluding hydrogens is 272 g/mol. The number of methoxy groups -OCH3 is 2. The first-order valence-corrected chi connectivity index (χ1v) is 6.81. The highest BCUT2D eigenvalue weighted by Gasteiger charge is 2.26. The third kappa shape index (κ3) is 4.98. The maximum Gasteiger partial charge on any atom is 0.328 e. The summed E-state index contributed by atoms with van der Waals surface area (Å²) in [5.74, 6) is 0.165. The predicted octanol–water partition coefficient (Wildman–Crippen LogP) is 2.40. The van der Waals surface area contributed by atoms with Crippen molar-refractivity contribution in [3.63, 3.8) is 0 Å². The first-order chi connectivity index (χ1) is 10.0. The van der Waals surface area contributed by atoms with Crippen molar-refractivity contribution in [3.8, 4) is 5.75 Å². The smallest absolute Gasteiger partial charge is 0.328 e. The number of rotatable bonds is 6. The Morgan fingerprint density at radius 2 is 2.00 bits per heavy atom. The van der Waals surface area contributed by atoms with Gasteiger partial charge in [0.1, 0.15) is 11.8 Å². The van der Waals surface area contributed by atoms with Crippen LogP contribution >= 0.6 is 0 Å². The Morgan fingerprint density at radius 1 is 1.29 bits per heavy atom. The largest absolute Gasteiger partial charge is 0.497 e. The summed E-state index contributed by atoms with van der Waals surface area (Å²) < 4.78 is 9.80. The number of anilines is 1. The molecule has 0 aliphatic heterocycles. The molecule has 21 heavy (non-hydrogen) atoms. The Bertz CT molecular complexity index is 490. The lowest BCUT2D eigenvalue weighted by atomic mass is 9.99. The maximum absolute atomic E-state index is 12.0. The van der Waals surface area contributed by atoms with Gasteiger partial charge in [-0.1, -0.05) is 26.3 Å². The standard InChI is InChI=1S/C15H22N2O4/c1-5-10(2)13(14(18)21-4)17-15(19)16-11-7-6-8-12(9-11)20-3/h6-10,13H,5H2,1-4H3,(H2,16,17,19)/t10?,13-/m0/s1. The van der Waals surface area contributed by atoms with Gasteiger partial charge in [-0.05, 0) is 18.1 Å². The first-order valence-electron chi connectivity index (χ1n) is 6.81. The van der Waals surface area contributed by atoms with E-state index in [0.717, 1.165) is 6.42 Å². The third-order valence-corrected chi connectivity index (χ3v) is 3.28. The van der Waals surface area contributed by atoms with Gasteiger partial charge in [0.15, 0.2) is 0 Å². The van der Waals surface area contributed by atoms with Gasteiger partial charge in [0, 0.05) is 11.8 Å². The summed E-state index contributed by atoms with van der Waals surface area (Å²) in [5.41, 5.74) is 0.583. The quantitative estimate of drug-likeness (QED) is 0.790. The number of urea groups is 1. The van der Waals surface area contributed by atoms with E-state index >= 15 is 0 Å². The van der Waals surface area contributed by atoms with Crippen molar-refractivity contribution in [1.29, 1.82) is 0 Å². The summed E-state index contributed by atoms with van der Waals surface area (Å²) in [6, 6.07) is 5.83. The molecule has 0 fully saturated rings. The maximum atomic E-state index is 12.0. The van der Waals surface area contributed by atoms with Crippen LogP contribution in [0.4, 0.5) is 10.5 Å². The van der Waals surface area contributed by atoms with Gasteiger partial charge in [-0.25, -0.2) is 9.59 Å². The molecule has 1 aromatic carbocycles. The number of benzene rings is 1. The fourth-order valence-electron chi connectivity index (χ4n) is 1.81. The van der Waals surface area contributed by atoms with E-state index < -0.39 is 18.0 Å². The molecule has 0 aliphatic rings. The fraction of sp³-hybridized carbons (Fsp3) is 0.467. The van der Waals surface area contributed by atoms with E-state index in [4.69, 9.17) is 9.47 Å². The highest BCUT2D eigenvalue weighted by atomic mass is 16.5. The summed E-state index contributed by atoms with van der Waals surface area (Å²) >= 11 is 0. The molecule has 0 aliphatic carbocycles. The van der Waals surface area contributed by atoms with E-state index in [1.807, 2.05) is 13.8 Å². The molecule has 116 valence electrons. The Morgan fingerprint density at radius 3 is 2.57 bits per heavy atom. The molecule has 0 saturated heterocycles. The zero-order chi connectivity index (χ0) is 15.8. The van der Waals surface area contributed by atoms with E-state index in [1.54, 1.807) is 31.4 Å². The highest BCUT2D eigenvalue weighted by molar-refractivity contribution is 5.92. The lowest BCUT2D eigenvalue weighted by molar-refractivity contribution is -0.144. The molecule has 0 aromatic heterocycles. The number of hydrogen-bond donors (Lipinski definition) is 2. The highest BCUT2D eigenvalue weighted by Crippen LogP contribution is 2.17. The molecule has 1 rings (SSSR count). The second kappa shape index (κ2) is 8.14. The second-order valence-corrected chi connectivity index (χ2v) is 4.72. The number of hydrogen-bond acceptors (Lipinski definition) is 4. The Kier molecular flexibility index (Phi) is 6.52. The number of esters is 1. The molecule has 2 N–H and O–H groups in total. The van der Waals surface area contributed by atoms with Crippen molar-refractivity contribution in [2.45, 2.75) is 26.3 Å². The first kappa shape index (κ1) is 16.8. The van der Waals surface area contributed by atoms with Crippen LogP contribution in [-0.4, -0.2) is 32.3 Å². The molecule has 1 unspecified atom stereocenters. The van der Waals surface area contributed by atoms with Gasteiger partial charge in [0.2, 0.25) is 0 Å². The van der Waals surface area contributed by atoms with Crippen molar-refractivity contribution in [3.05, 3.63) is 24.3 Å². The van der Waals surface area contributed by atoms with Crippen LogP contribution in [0.1, 0.15) is 20.3 Å². The number of amides is 2. The lowest BCUT2D eigenvalue weighted by Crippen LogP contribution is -2.47. The van der Waals surface area contributed by atoms with Gasteiger partial charge in [-0.2, -0.15) is 0 Å². The third-order valence-electron chi connectivity index (χ3n) is 3.28. The fourth-order valence-corrected chi connectivity index (χ4v) is 1.81. The normalized spacial score (nSPS) is 13.0. The predicted molar refractivity (Wildman–Crippen MR) is 80.4 cm³/mol. The monoisotopic (exact) mass is 294 g/mol. The van der Waals surface area contributed by atoms with Crippen molar-refractivity contribution in [2.75, 3.05) is 19.5 Å². The molecule has 6 heteroatoms. The van der Waals surface area contributed by atoms with Gasteiger partial charge in [-0.15, -0.1) is 0 Å². The van der Waals surface area contributed by atoms with E-state index in [-0.39, 0.29) is 5.92 Å². The van der Waals surface area contributed by atoms with Gasteiger partial charge in [0.25, 0.3) is 0 Å². The topological polar surface area (TPSA) is 76.7 Å². The van der Waals surface area contributed by atoms with Crippen LogP contribution in [0.25, 0.3) is 0 Å². The summed E-state index contributed by atoms with van der Waals surface area (Å²) in [6.07, 6.45) is 0.749. The summed E-state index contributed by atoms with van der Waals surface area (Å²) in [7, 11) is 2.86. The van der Waals surface area contributed by atoms with E-state index in [9.17, 15) is 9.59 Å². The zero-order valence-corrected chi connectivity index (χ0v) is 12.8. The van der Waals surface area contributed by atoms with Crippen molar-refractivity contribution < 1.29 is 19.1 Å². The summed E-state index contributed by atoms with van der Waals surface area (Å²) in [4.78, 5) is 23.7. The number of ether oxygens (including phenoxy) is 2. The second-order valence-electron chi connectivity index (χ2n) is 4.72.